The van der Waals surface area contributed by atoms with Crippen molar-refractivity contribution < 1.29 is 8.42 Å². The highest BCUT2D eigenvalue weighted by atomic mass is 32.2. The Labute approximate surface area is 96.4 Å². The minimum atomic E-state index is -3.33. The van der Waals surface area contributed by atoms with Crippen LogP contribution in [0, 0.1) is 0 Å². The zero-order chi connectivity index (χ0) is 11.6. The Balaban J connectivity index is 2.34. The fourth-order valence-corrected chi connectivity index (χ4v) is 3.53. The first-order chi connectivity index (χ1) is 7.66. The zero-order valence-corrected chi connectivity index (χ0v) is 10.0. The van der Waals surface area contributed by atoms with Gasteiger partial charge in [-0.15, -0.1) is 0 Å². The van der Waals surface area contributed by atoms with E-state index in [1.807, 2.05) is 25.1 Å². The topological polar surface area (TPSA) is 37.4 Å². The Morgan fingerprint density at radius 2 is 2.00 bits per heavy atom. The van der Waals surface area contributed by atoms with Crippen molar-refractivity contribution in [3.05, 3.63) is 42.5 Å². The van der Waals surface area contributed by atoms with Crippen LogP contribution >= 0.6 is 0 Å². The van der Waals surface area contributed by atoms with Gasteiger partial charge in [0, 0.05) is 12.6 Å². The predicted molar refractivity (Wildman–Crippen MR) is 63.6 cm³/mol. The van der Waals surface area contributed by atoms with E-state index in [1.165, 1.54) is 0 Å². The predicted octanol–water partition coefficient (Wildman–Crippen LogP) is 2.03. The third-order valence-corrected chi connectivity index (χ3v) is 4.69. The Morgan fingerprint density at radius 3 is 2.62 bits per heavy atom. The molecule has 0 aromatic heterocycles. The SMILES string of the molecule is CCC1C=CCN1S(=O)(=O)c1ccccc1. The van der Waals surface area contributed by atoms with Crippen molar-refractivity contribution in [3.63, 3.8) is 0 Å². The van der Waals surface area contributed by atoms with Gasteiger partial charge in [-0.2, -0.15) is 4.31 Å². The average molecular weight is 237 g/mol. The molecular weight excluding hydrogens is 222 g/mol. The molecule has 1 heterocycles. The van der Waals surface area contributed by atoms with E-state index in [2.05, 4.69) is 0 Å². The van der Waals surface area contributed by atoms with Crippen molar-refractivity contribution in [2.75, 3.05) is 6.54 Å². The lowest BCUT2D eigenvalue weighted by atomic mass is 10.2. The van der Waals surface area contributed by atoms with Crippen LogP contribution in [0.25, 0.3) is 0 Å². The lowest BCUT2D eigenvalue weighted by Gasteiger charge is -2.22. The first-order valence-electron chi connectivity index (χ1n) is 5.40. The lowest BCUT2D eigenvalue weighted by Crippen LogP contribution is -2.35. The van der Waals surface area contributed by atoms with Crippen LogP contribution in [0.3, 0.4) is 0 Å². The summed E-state index contributed by atoms with van der Waals surface area (Å²) in [6.07, 6.45) is 4.68. The second-order valence-corrected chi connectivity index (χ2v) is 5.68. The fourth-order valence-electron chi connectivity index (χ4n) is 1.90. The summed E-state index contributed by atoms with van der Waals surface area (Å²) in [6.45, 7) is 2.48. The van der Waals surface area contributed by atoms with Crippen LogP contribution in [0.15, 0.2) is 47.4 Å². The first-order valence-corrected chi connectivity index (χ1v) is 6.84. The molecule has 16 heavy (non-hydrogen) atoms. The maximum Gasteiger partial charge on any atom is 0.243 e. The summed E-state index contributed by atoms with van der Waals surface area (Å²) in [7, 11) is -3.33. The maximum atomic E-state index is 12.3. The molecule has 1 atom stereocenters. The Morgan fingerprint density at radius 1 is 1.31 bits per heavy atom. The van der Waals surface area contributed by atoms with Gasteiger partial charge in [0.1, 0.15) is 0 Å². The molecule has 1 aliphatic heterocycles. The van der Waals surface area contributed by atoms with Crippen LogP contribution in [0.5, 0.6) is 0 Å². The zero-order valence-electron chi connectivity index (χ0n) is 9.20. The number of hydrogen-bond acceptors (Lipinski definition) is 2. The molecule has 1 aliphatic rings. The van der Waals surface area contributed by atoms with Crippen LogP contribution in [0.1, 0.15) is 13.3 Å². The summed E-state index contributed by atoms with van der Waals surface area (Å²) in [5.41, 5.74) is 0. The fraction of sp³-hybridized carbons (Fsp3) is 0.333. The van der Waals surface area contributed by atoms with Crippen LogP contribution < -0.4 is 0 Å². The van der Waals surface area contributed by atoms with E-state index in [9.17, 15) is 8.42 Å². The van der Waals surface area contributed by atoms with Crippen LogP contribution in [-0.4, -0.2) is 25.3 Å². The summed E-state index contributed by atoms with van der Waals surface area (Å²) in [4.78, 5) is 0.372. The molecular formula is C12H15NO2S. The minimum Gasteiger partial charge on any atom is -0.207 e. The molecule has 1 aromatic rings. The van der Waals surface area contributed by atoms with Gasteiger partial charge in [0.25, 0.3) is 0 Å². The van der Waals surface area contributed by atoms with Crippen LogP contribution in [0.4, 0.5) is 0 Å². The van der Waals surface area contributed by atoms with Crippen molar-refractivity contribution in [2.45, 2.75) is 24.3 Å². The second-order valence-electron chi connectivity index (χ2n) is 3.79. The molecule has 1 aromatic carbocycles. The molecule has 0 saturated heterocycles. The van der Waals surface area contributed by atoms with E-state index >= 15 is 0 Å². The van der Waals surface area contributed by atoms with Crippen LogP contribution in [-0.2, 0) is 10.0 Å². The summed E-state index contributed by atoms with van der Waals surface area (Å²) < 4.78 is 26.1. The van der Waals surface area contributed by atoms with Gasteiger partial charge in [0.15, 0.2) is 0 Å². The highest BCUT2D eigenvalue weighted by Gasteiger charge is 2.30. The molecule has 86 valence electrons. The number of rotatable bonds is 3. The molecule has 0 amide bonds. The highest BCUT2D eigenvalue weighted by Crippen LogP contribution is 2.23. The van der Waals surface area contributed by atoms with E-state index < -0.39 is 10.0 Å². The maximum absolute atomic E-state index is 12.3. The van der Waals surface area contributed by atoms with Crippen LogP contribution in [0.2, 0.25) is 0 Å². The second kappa shape index (κ2) is 4.39. The van der Waals surface area contributed by atoms with Gasteiger partial charge < -0.3 is 0 Å². The first kappa shape index (κ1) is 11.4. The Bertz CT molecular complexity index is 479. The van der Waals surface area contributed by atoms with Crippen molar-refractivity contribution in [1.29, 1.82) is 0 Å². The van der Waals surface area contributed by atoms with Gasteiger partial charge in [-0.3, -0.25) is 0 Å². The lowest BCUT2D eigenvalue weighted by molar-refractivity contribution is 0.403. The summed E-state index contributed by atoms with van der Waals surface area (Å²) in [5.74, 6) is 0. The molecule has 2 rings (SSSR count). The van der Waals surface area contributed by atoms with Gasteiger partial charge >= 0.3 is 0 Å². The third-order valence-electron chi connectivity index (χ3n) is 2.78. The molecule has 0 saturated carbocycles. The molecule has 0 N–H and O–H groups in total. The highest BCUT2D eigenvalue weighted by molar-refractivity contribution is 7.89. The van der Waals surface area contributed by atoms with E-state index in [1.54, 1.807) is 28.6 Å². The van der Waals surface area contributed by atoms with E-state index in [0.717, 1.165) is 6.42 Å². The molecule has 3 nitrogen and oxygen atoms in total. The van der Waals surface area contributed by atoms with Crippen molar-refractivity contribution in [2.24, 2.45) is 0 Å². The molecule has 0 bridgehead atoms. The van der Waals surface area contributed by atoms with Gasteiger partial charge in [0.2, 0.25) is 10.0 Å². The normalized spacial score (nSPS) is 21.4. The molecule has 0 spiro atoms. The summed E-state index contributed by atoms with van der Waals surface area (Å²) >= 11 is 0. The number of sulfonamides is 1. The van der Waals surface area contributed by atoms with Gasteiger partial charge in [0.05, 0.1) is 4.90 Å². The van der Waals surface area contributed by atoms with Gasteiger partial charge in [-0.25, -0.2) is 8.42 Å². The van der Waals surface area contributed by atoms with Crippen molar-refractivity contribution >= 4 is 10.0 Å². The quantitative estimate of drug-likeness (QED) is 0.754. The van der Waals surface area contributed by atoms with E-state index in [4.69, 9.17) is 0 Å². The molecule has 0 fully saturated rings. The van der Waals surface area contributed by atoms with Crippen molar-refractivity contribution in [3.8, 4) is 0 Å². The van der Waals surface area contributed by atoms with E-state index in [-0.39, 0.29) is 6.04 Å². The standard InChI is InChI=1S/C12H15NO2S/c1-2-11-7-6-10-13(11)16(14,15)12-8-4-3-5-9-12/h3-9,11H,2,10H2,1H3. The van der Waals surface area contributed by atoms with Crippen molar-refractivity contribution in [1.82, 2.24) is 4.31 Å². The minimum absolute atomic E-state index is 0.00482. The Kier molecular flexibility index (Phi) is 3.12. The smallest absolute Gasteiger partial charge is 0.207 e. The number of hydrogen-bond donors (Lipinski definition) is 0. The average Bonchev–Trinajstić information content (AvgIpc) is 2.79. The molecule has 4 heteroatoms. The monoisotopic (exact) mass is 237 g/mol. The van der Waals surface area contributed by atoms with Gasteiger partial charge in [-0.1, -0.05) is 37.3 Å². The molecule has 1 unspecified atom stereocenters. The number of benzene rings is 1. The van der Waals surface area contributed by atoms with Gasteiger partial charge in [-0.05, 0) is 18.6 Å². The number of nitrogens with zero attached hydrogens (tertiary/aromatic N) is 1. The van der Waals surface area contributed by atoms with E-state index in [0.29, 0.717) is 11.4 Å². The summed E-state index contributed by atoms with van der Waals surface area (Å²) in [5, 5.41) is 0. The largest absolute Gasteiger partial charge is 0.243 e. The Hall–Kier alpha value is -1.13. The molecule has 0 aliphatic carbocycles. The molecule has 0 radical (unpaired) electrons. The summed E-state index contributed by atoms with van der Waals surface area (Å²) in [6, 6.07) is 8.60. The third kappa shape index (κ3) is 1.90.